The highest BCUT2D eigenvalue weighted by Gasteiger charge is 2.21. The van der Waals surface area contributed by atoms with Crippen LogP contribution in [0.25, 0.3) is 0 Å². The lowest BCUT2D eigenvalue weighted by molar-refractivity contribution is -0.131. The first-order valence-electron chi connectivity index (χ1n) is 7.33. The highest BCUT2D eigenvalue weighted by Crippen LogP contribution is 2.30. The first-order chi connectivity index (χ1) is 9.19. The summed E-state index contributed by atoms with van der Waals surface area (Å²) in [4.78, 5) is 14.0. The second-order valence-electron chi connectivity index (χ2n) is 5.21. The number of rotatable bonds is 5. The summed E-state index contributed by atoms with van der Waals surface area (Å²) in [7, 11) is 2.01. The summed E-state index contributed by atoms with van der Waals surface area (Å²) in [6.45, 7) is 6.09. The topological polar surface area (TPSA) is 37.3 Å². The van der Waals surface area contributed by atoms with Gasteiger partial charge in [-0.1, -0.05) is 0 Å². The fourth-order valence-corrected chi connectivity index (χ4v) is 2.97. The highest BCUT2D eigenvalue weighted by atomic mass is 16.2. The average molecular weight is 263 g/mol. The largest absolute Gasteiger partial charge is 0.344 e. The van der Waals surface area contributed by atoms with Gasteiger partial charge in [-0.2, -0.15) is 0 Å². The Hall–Kier alpha value is -1.29. The molecule has 1 aromatic rings. The molecule has 0 saturated heterocycles. The number of aryl methyl sites for hydroxylation is 1. The number of aromatic nitrogens is 1. The van der Waals surface area contributed by atoms with Gasteiger partial charge in [-0.3, -0.25) is 4.79 Å². The molecule has 106 valence electrons. The lowest BCUT2D eigenvalue weighted by Crippen LogP contribution is -2.33. The van der Waals surface area contributed by atoms with Crippen LogP contribution in [-0.4, -0.2) is 35.5 Å². The SMILES string of the molecule is CCN(CC)C(=O)Cn1cc2c(c1)C(NC)CCC2. The van der Waals surface area contributed by atoms with E-state index in [-0.39, 0.29) is 5.91 Å². The van der Waals surface area contributed by atoms with Gasteiger partial charge in [0.25, 0.3) is 0 Å². The molecule has 2 rings (SSSR count). The van der Waals surface area contributed by atoms with Crippen LogP contribution in [0.2, 0.25) is 0 Å². The number of carbonyl (C=O) groups is 1. The Balaban J connectivity index is 2.10. The zero-order chi connectivity index (χ0) is 13.8. The molecular formula is C15H25N3O. The molecule has 1 aliphatic rings. The lowest BCUT2D eigenvalue weighted by atomic mass is 9.91. The fourth-order valence-electron chi connectivity index (χ4n) is 2.97. The average Bonchev–Trinajstić information content (AvgIpc) is 2.82. The molecule has 1 heterocycles. The van der Waals surface area contributed by atoms with Crippen LogP contribution in [-0.2, 0) is 17.8 Å². The van der Waals surface area contributed by atoms with Crippen molar-refractivity contribution in [3.05, 3.63) is 23.5 Å². The van der Waals surface area contributed by atoms with Crippen LogP contribution in [0.1, 0.15) is 43.9 Å². The molecule has 1 amide bonds. The summed E-state index contributed by atoms with van der Waals surface area (Å²) in [5, 5.41) is 3.36. The summed E-state index contributed by atoms with van der Waals surface area (Å²) < 4.78 is 2.06. The van der Waals surface area contributed by atoms with Crippen LogP contribution < -0.4 is 5.32 Å². The van der Waals surface area contributed by atoms with Crippen LogP contribution in [0.5, 0.6) is 0 Å². The van der Waals surface area contributed by atoms with E-state index in [4.69, 9.17) is 0 Å². The van der Waals surface area contributed by atoms with Crippen molar-refractivity contribution in [2.75, 3.05) is 20.1 Å². The Labute approximate surface area is 115 Å². The van der Waals surface area contributed by atoms with E-state index in [1.807, 2.05) is 25.8 Å². The molecule has 19 heavy (non-hydrogen) atoms. The van der Waals surface area contributed by atoms with Gasteiger partial charge in [0.05, 0.1) is 0 Å². The summed E-state index contributed by atoms with van der Waals surface area (Å²) in [6, 6.07) is 0.452. The minimum Gasteiger partial charge on any atom is -0.344 e. The highest BCUT2D eigenvalue weighted by molar-refractivity contribution is 5.76. The van der Waals surface area contributed by atoms with Crippen molar-refractivity contribution in [3.63, 3.8) is 0 Å². The van der Waals surface area contributed by atoms with Gasteiger partial charge >= 0.3 is 0 Å². The second kappa shape index (κ2) is 6.24. The van der Waals surface area contributed by atoms with Crippen LogP contribution in [0.3, 0.4) is 0 Å². The number of nitrogens with one attached hydrogen (secondary N) is 1. The molecular weight excluding hydrogens is 238 g/mol. The minimum absolute atomic E-state index is 0.207. The van der Waals surface area contributed by atoms with Gasteiger partial charge in [-0.25, -0.2) is 0 Å². The zero-order valence-corrected chi connectivity index (χ0v) is 12.3. The van der Waals surface area contributed by atoms with Gasteiger partial charge in [0.15, 0.2) is 0 Å². The molecule has 0 radical (unpaired) electrons. The van der Waals surface area contributed by atoms with Crippen LogP contribution in [0.15, 0.2) is 12.4 Å². The minimum atomic E-state index is 0.207. The lowest BCUT2D eigenvalue weighted by Gasteiger charge is -2.21. The van der Waals surface area contributed by atoms with Crippen LogP contribution in [0.4, 0.5) is 0 Å². The molecule has 0 aliphatic heterocycles. The first-order valence-corrected chi connectivity index (χ1v) is 7.33. The van der Waals surface area contributed by atoms with Crippen molar-refractivity contribution in [3.8, 4) is 0 Å². The predicted molar refractivity (Wildman–Crippen MR) is 77.1 cm³/mol. The fraction of sp³-hybridized carbons (Fsp3) is 0.667. The Morgan fingerprint density at radius 2 is 2.16 bits per heavy atom. The van der Waals surface area contributed by atoms with Crippen molar-refractivity contribution < 1.29 is 4.79 Å². The molecule has 1 unspecified atom stereocenters. The van der Waals surface area contributed by atoms with Gasteiger partial charge in [0.2, 0.25) is 5.91 Å². The number of carbonyl (C=O) groups excluding carboxylic acids is 1. The molecule has 0 bridgehead atoms. The normalized spacial score (nSPS) is 18.2. The van der Waals surface area contributed by atoms with E-state index in [0.717, 1.165) is 19.5 Å². The predicted octanol–water partition coefficient (Wildman–Crippen LogP) is 1.95. The van der Waals surface area contributed by atoms with E-state index in [9.17, 15) is 4.79 Å². The monoisotopic (exact) mass is 263 g/mol. The van der Waals surface area contributed by atoms with E-state index in [1.165, 1.54) is 24.0 Å². The summed E-state index contributed by atoms with van der Waals surface area (Å²) >= 11 is 0. The molecule has 4 heteroatoms. The van der Waals surface area contributed by atoms with E-state index >= 15 is 0 Å². The van der Waals surface area contributed by atoms with E-state index in [1.54, 1.807) is 0 Å². The van der Waals surface area contributed by atoms with Gasteiger partial charge in [0, 0.05) is 31.5 Å². The van der Waals surface area contributed by atoms with E-state index in [2.05, 4.69) is 22.3 Å². The van der Waals surface area contributed by atoms with E-state index in [0.29, 0.717) is 12.6 Å². The maximum atomic E-state index is 12.1. The molecule has 1 aliphatic carbocycles. The van der Waals surface area contributed by atoms with Gasteiger partial charge in [0.1, 0.15) is 6.54 Å². The third kappa shape index (κ3) is 3.00. The molecule has 0 spiro atoms. The Morgan fingerprint density at radius 3 is 2.79 bits per heavy atom. The molecule has 1 N–H and O–H groups in total. The van der Waals surface area contributed by atoms with Crippen LogP contribution in [0, 0.1) is 0 Å². The molecule has 1 atom stereocenters. The van der Waals surface area contributed by atoms with E-state index < -0.39 is 0 Å². The molecule has 1 aromatic heterocycles. The van der Waals surface area contributed by atoms with Crippen LogP contribution >= 0.6 is 0 Å². The molecule has 0 fully saturated rings. The summed E-state index contributed by atoms with van der Waals surface area (Å²) in [5.41, 5.74) is 2.78. The van der Waals surface area contributed by atoms with Gasteiger partial charge in [-0.05, 0) is 51.3 Å². The number of nitrogens with zero attached hydrogens (tertiary/aromatic N) is 2. The Bertz CT molecular complexity index is 435. The van der Waals surface area contributed by atoms with Gasteiger partial charge in [-0.15, -0.1) is 0 Å². The van der Waals surface area contributed by atoms with Gasteiger partial charge < -0.3 is 14.8 Å². The van der Waals surface area contributed by atoms with Crippen molar-refractivity contribution in [2.24, 2.45) is 0 Å². The maximum Gasteiger partial charge on any atom is 0.242 e. The Morgan fingerprint density at radius 1 is 1.42 bits per heavy atom. The smallest absolute Gasteiger partial charge is 0.242 e. The molecule has 0 aromatic carbocycles. The number of likely N-dealkylation sites (N-methyl/N-ethyl adjacent to an activating group) is 1. The number of hydrogen-bond donors (Lipinski definition) is 1. The molecule has 4 nitrogen and oxygen atoms in total. The first kappa shape index (κ1) is 14.1. The Kier molecular flexibility index (Phi) is 4.64. The number of amides is 1. The van der Waals surface area contributed by atoms with Crippen molar-refractivity contribution in [1.82, 2.24) is 14.8 Å². The number of fused-ring (bicyclic) bond motifs is 1. The maximum absolute atomic E-state index is 12.1. The third-order valence-electron chi connectivity index (χ3n) is 4.09. The van der Waals surface area contributed by atoms with Crippen molar-refractivity contribution in [1.29, 1.82) is 0 Å². The zero-order valence-electron chi connectivity index (χ0n) is 12.3. The summed E-state index contributed by atoms with van der Waals surface area (Å²) in [6.07, 6.45) is 7.86. The van der Waals surface area contributed by atoms with Crippen molar-refractivity contribution >= 4 is 5.91 Å². The standard InChI is InChI=1S/C15H25N3O/c1-4-18(5-2)15(19)11-17-9-12-7-6-8-14(16-3)13(12)10-17/h9-10,14,16H,4-8,11H2,1-3H3. The summed E-state index contributed by atoms with van der Waals surface area (Å²) in [5.74, 6) is 0.207. The quantitative estimate of drug-likeness (QED) is 0.881. The third-order valence-corrected chi connectivity index (χ3v) is 4.09. The second-order valence-corrected chi connectivity index (χ2v) is 5.21. The van der Waals surface area contributed by atoms with Crippen molar-refractivity contribution in [2.45, 2.75) is 45.7 Å². The molecule has 0 saturated carbocycles. The number of hydrogen-bond acceptors (Lipinski definition) is 2.